The maximum absolute atomic E-state index is 6.77. The van der Waals surface area contributed by atoms with E-state index in [2.05, 4.69) is 173 Å². The van der Waals surface area contributed by atoms with Crippen LogP contribution in [0.15, 0.2) is 168 Å². The van der Waals surface area contributed by atoms with Gasteiger partial charge in [-0.1, -0.05) is 136 Å². The molecule has 256 valence electrons. The molecule has 0 amide bonds. The third-order valence-electron chi connectivity index (χ3n) is 12.0. The Morgan fingerprint density at radius 3 is 1.85 bits per heavy atom. The summed E-state index contributed by atoms with van der Waals surface area (Å²) >= 11 is 1.87. The summed E-state index contributed by atoms with van der Waals surface area (Å²) in [6.45, 7) is 11.1. The lowest BCUT2D eigenvalue weighted by atomic mass is 9.76. The zero-order valence-corrected chi connectivity index (χ0v) is 31.3. The largest absolute Gasteiger partial charge is 0.455 e. The number of para-hydroxylation sites is 1. The molecule has 0 spiro atoms. The van der Waals surface area contributed by atoms with Gasteiger partial charge in [0.25, 0.3) is 0 Å². The second kappa shape index (κ2) is 11.4. The van der Waals surface area contributed by atoms with Gasteiger partial charge in [-0.15, -0.1) is 11.3 Å². The minimum Gasteiger partial charge on any atom is -0.455 e. The summed E-state index contributed by atoms with van der Waals surface area (Å²) in [5.41, 5.74) is 11.8. The van der Waals surface area contributed by atoms with Gasteiger partial charge in [0.15, 0.2) is 0 Å². The van der Waals surface area contributed by atoms with Crippen molar-refractivity contribution in [2.24, 2.45) is 0 Å². The van der Waals surface area contributed by atoms with Crippen molar-refractivity contribution in [3.8, 4) is 22.3 Å². The van der Waals surface area contributed by atoms with Crippen LogP contribution in [-0.4, -0.2) is 0 Å². The van der Waals surface area contributed by atoms with Gasteiger partial charge in [-0.25, -0.2) is 0 Å². The number of hydrogen-bond donors (Lipinski definition) is 0. The second-order valence-electron chi connectivity index (χ2n) is 15.1. The number of allylic oxidation sites excluding steroid dienone is 5. The fraction of sp³-hybridized carbons (Fsp3) is 0.0769. The summed E-state index contributed by atoms with van der Waals surface area (Å²) < 4.78 is 9.42. The molecular formula is C52H36OS. The summed E-state index contributed by atoms with van der Waals surface area (Å²) in [6, 6.07) is 49.3. The van der Waals surface area contributed by atoms with Gasteiger partial charge in [-0.05, 0) is 115 Å². The Balaban J connectivity index is 1.32. The van der Waals surface area contributed by atoms with Crippen LogP contribution in [0.2, 0.25) is 0 Å². The molecule has 1 aliphatic rings. The lowest BCUT2D eigenvalue weighted by Crippen LogP contribution is -2.16. The van der Waals surface area contributed by atoms with E-state index in [0.717, 1.165) is 27.3 Å². The molecule has 0 atom stereocenters. The molecule has 0 aliphatic heterocycles. The molecule has 54 heavy (non-hydrogen) atoms. The summed E-state index contributed by atoms with van der Waals surface area (Å²) in [6.07, 6.45) is 6.45. The lowest BCUT2D eigenvalue weighted by Gasteiger charge is -2.27. The first kappa shape index (κ1) is 31.3. The Labute approximate surface area is 317 Å². The molecule has 2 aromatic heterocycles. The van der Waals surface area contributed by atoms with Crippen molar-refractivity contribution < 1.29 is 4.42 Å². The van der Waals surface area contributed by atoms with Crippen molar-refractivity contribution in [3.63, 3.8) is 0 Å². The molecule has 0 fully saturated rings. The molecule has 0 saturated carbocycles. The van der Waals surface area contributed by atoms with E-state index in [1.54, 1.807) is 0 Å². The van der Waals surface area contributed by atoms with Crippen LogP contribution >= 0.6 is 11.3 Å². The quantitative estimate of drug-likeness (QED) is 0.167. The number of fused-ring (bicyclic) bond motifs is 12. The normalized spacial score (nSPS) is 15.6. The highest BCUT2D eigenvalue weighted by Gasteiger charge is 2.42. The van der Waals surface area contributed by atoms with E-state index in [9.17, 15) is 0 Å². The van der Waals surface area contributed by atoms with Crippen molar-refractivity contribution >= 4 is 91.3 Å². The van der Waals surface area contributed by atoms with Crippen molar-refractivity contribution in [1.29, 1.82) is 0 Å². The van der Waals surface area contributed by atoms with Gasteiger partial charge in [-0.3, -0.25) is 0 Å². The van der Waals surface area contributed by atoms with Crippen LogP contribution in [0.4, 0.5) is 0 Å². The first-order valence-corrected chi connectivity index (χ1v) is 19.6. The highest BCUT2D eigenvalue weighted by Crippen LogP contribution is 2.58. The Morgan fingerprint density at radius 1 is 0.556 bits per heavy atom. The number of thiophene rings is 1. The Kier molecular flexibility index (Phi) is 6.61. The predicted octanol–water partition coefficient (Wildman–Crippen LogP) is 15.6. The number of hydrogen-bond acceptors (Lipinski definition) is 2. The molecule has 0 unspecified atom stereocenters. The van der Waals surface area contributed by atoms with Crippen LogP contribution in [0.25, 0.3) is 102 Å². The van der Waals surface area contributed by atoms with E-state index >= 15 is 0 Å². The smallest absolute Gasteiger partial charge is 0.143 e. The molecule has 0 bridgehead atoms. The maximum Gasteiger partial charge on any atom is 0.143 e. The lowest BCUT2D eigenvalue weighted by molar-refractivity contribution is 0.662. The molecule has 10 aromatic rings. The third-order valence-corrected chi connectivity index (χ3v) is 13.1. The fourth-order valence-corrected chi connectivity index (χ4v) is 10.8. The van der Waals surface area contributed by atoms with Crippen LogP contribution < -0.4 is 0 Å². The van der Waals surface area contributed by atoms with Gasteiger partial charge < -0.3 is 4.42 Å². The van der Waals surface area contributed by atoms with Gasteiger partial charge >= 0.3 is 0 Å². The molecule has 2 heteroatoms. The average molecular weight is 709 g/mol. The van der Waals surface area contributed by atoms with E-state index in [4.69, 9.17) is 4.42 Å². The van der Waals surface area contributed by atoms with Gasteiger partial charge in [0, 0.05) is 41.7 Å². The Morgan fingerprint density at radius 2 is 1.15 bits per heavy atom. The summed E-state index contributed by atoms with van der Waals surface area (Å²) in [4.78, 5) is 0. The molecule has 1 aliphatic carbocycles. The van der Waals surface area contributed by atoms with Crippen LogP contribution in [0, 0.1) is 0 Å². The highest BCUT2D eigenvalue weighted by atomic mass is 32.1. The molecular weight excluding hydrogens is 673 g/mol. The van der Waals surface area contributed by atoms with E-state index in [1.807, 2.05) is 17.4 Å². The maximum atomic E-state index is 6.77. The van der Waals surface area contributed by atoms with E-state index < -0.39 is 0 Å². The van der Waals surface area contributed by atoms with Crippen molar-refractivity contribution in [1.82, 2.24) is 0 Å². The summed E-state index contributed by atoms with van der Waals surface area (Å²) in [5, 5.41) is 12.3. The van der Waals surface area contributed by atoms with Gasteiger partial charge in [-0.2, -0.15) is 0 Å². The van der Waals surface area contributed by atoms with E-state index in [1.165, 1.54) is 91.6 Å². The summed E-state index contributed by atoms with van der Waals surface area (Å²) in [7, 11) is 0. The molecule has 0 radical (unpaired) electrons. The zero-order valence-electron chi connectivity index (χ0n) is 30.5. The first-order chi connectivity index (χ1) is 26.5. The van der Waals surface area contributed by atoms with Crippen LogP contribution in [0.3, 0.4) is 0 Å². The summed E-state index contributed by atoms with van der Waals surface area (Å²) in [5.74, 6) is 0. The molecule has 0 N–H and O–H groups in total. The zero-order chi connectivity index (χ0) is 36.3. The minimum absolute atomic E-state index is 0.288. The van der Waals surface area contributed by atoms with Crippen LogP contribution in [0.1, 0.15) is 31.9 Å². The van der Waals surface area contributed by atoms with Gasteiger partial charge in [0.05, 0.1) is 0 Å². The van der Waals surface area contributed by atoms with Crippen molar-refractivity contribution in [3.05, 3.63) is 175 Å². The molecule has 2 heterocycles. The van der Waals surface area contributed by atoms with Gasteiger partial charge in [0.2, 0.25) is 0 Å². The monoisotopic (exact) mass is 708 g/mol. The van der Waals surface area contributed by atoms with Crippen molar-refractivity contribution in [2.45, 2.75) is 26.2 Å². The highest BCUT2D eigenvalue weighted by molar-refractivity contribution is 7.25. The Bertz CT molecular complexity index is 3270. The average Bonchev–Trinajstić information content (AvgIpc) is 3.84. The standard InChI is InChI=1S/C52H36OS/c1-5-15-43-31(6-2)49-38-25-26-39-32-16-11-13-22-44(32)53-51(39)41(38)29-42(50(49)52(43,3)4)48-36-20-9-7-18-34(36)47(35-19-8-10-21-37(35)48)30-24-27-46-40(28-30)33-17-12-14-23-45(33)54-46/h5-29H,1H2,2-4H3/b31-6+,43-15+. The predicted molar refractivity (Wildman–Crippen MR) is 235 cm³/mol. The van der Waals surface area contributed by atoms with Gasteiger partial charge in [0.1, 0.15) is 11.2 Å². The molecule has 8 aromatic carbocycles. The van der Waals surface area contributed by atoms with Crippen LogP contribution in [-0.2, 0) is 5.41 Å². The number of furan rings is 1. The SMILES string of the molecule is C=C/C=C1\C(=C/C)c2c(c(-c3c4ccccc4c(-c4ccc5sc6ccccc6c5c4)c4ccccc34)cc3c2ccc2c4ccccc4oc32)C1(C)C. The first-order valence-electron chi connectivity index (χ1n) is 18.7. The number of rotatable bonds is 3. The van der Waals surface area contributed by atoms with Crippen molar-refractivity contribution in [2.75, 3.05) is 0 Å². The fourth-order valence-electron chi connectivity index (χ4n) is 9.72. The Hall–Kier alpha value is -6.22. The molecule has 11 rings (SSSR count). The molecule has 0 saturated heterocycles. The second-order valence-corrected chi connectivity index (χ2v) is 16.2. The number of benzene rings is 8. The molecule has 1 nitrogen and oxygen atoms in total. The van der Waals surface area contributed by atoms with E-state index in [0.29, 0.717) is 0 Å². The van der Waals surface area contributed by atoms with Crippen LogP contribution in [0.5, 0.6) is 0 Å². The topological polar surface area (TPSA) is 13.1 Å². The minimum atomic E-state index is -0.288. The third kappa shape index (κ3) is 4.15. The van der Waals surface area contributed by atoms with E-state index in [-0.39, 0.29) is 5.41 Å².